The molecule has 1 rings (SSSR count). The molecule has 0 aliphatic rings. The molecule has 238 valence electrons. The maximum Gasteiger partial charge on any atom is 0.513 e. The molecule has 1 unspecified atom stereocenters. The maximum absolute atomic E-state index is 12.6. The largest absolute Gasteiger partial charge is 0.513 e. The molecule has 2 N–H and O–H groups in total. The molecule has 12 heteroatoms. The van der Waals surface area contributed by atoms with Crippen molar-refractivity contribution in [2.45, 2.75) is 98.8 Å². The molecule has 1 aromatic rings. The Morgan fingerprint density at radius 1 is 0.714 bits per heavy atom. The van der Waals surface area contributed by atoms with E-state index in [0.717, 1.165) is 6.42 Å². The van der Waals surface area contributed by atoms with Crippen LogP contribution in [0.1, 0.15) is 79.7 Å². The Morgan fingerprint density at radius 3 is 1.79 bits per heavy atom. The second-order valence-corrected chi connectivity index (χ2v) is 10.8. The van der Waals surface area contributed by atoms with Crippen LogP contribution in [-0.4, -0.2) is 62.5 Å². The highest BCUT2D eigenvalue weighted by molar-refractivity contribution is 5.76. The molecule has 0 aromatic heterocycles. The number of rotatable bonds is 17. The van der Waals surface area contributed by atoms with Crippen molar-refractivity contribution in [1.82, 2.24) is 0 Å². The molecular weight excluding hydrogens is 550 g/mol. The molecule has 0 spiro atoms. The first-order valence-electron chi connectivity index (χ1n) is 14.4. The molecule has 3 atom stereocenters. The Kier molecular flexibility index (Phi) is 17.0. The molecule has 0 aliphatic carbocycles. The summed E-state index contributed by atoms with van der Waals surface area (Å²) < 4.78 is 36.2. The molecule has 0 saturated carbocycles. The topological polar surface area (TPSA) is 159 Å². The minimum Gasteiger partial charge on any atom is -0.458 e. The van der Waals surface area contributed by atoms with Gasteiger partial charge in [-0.05, 0) is 69.1 Å². The third kappa shape index (κ3) is 15.5. The summed E-state index contributed by atoms with van der Waals surface area (Å²) in [6.45, 7) is 13.6. The van der Waals surface area contributed by atoms with Crippen molar-refractivity contribution >= 4 is 24.4 Å². The highest BCUT2D eigenvalue weighted by atomic mass is 16.7. The normalized spacial score (nSPS) is 13.1. The van der Waals surface area contributed by atoms with Gasteiger partial charge in [-0.15, -0.1) is 0 Å². The molecule has 0 aliphatic heterocycles. The molecule has 12 nitrogen and oxygen atoms in total. The van der Waals surface area contributed by atoms with Crippen LogP contribution in [0.4, 0.5) is 14.4 Å². The summed E-state index contributed by atoms with van der Waals surface area (Å²) in [4.78, 5) is 48.9. The summed E-state index contributed by atoms with van der Waals surface area (Å²) in [6.07, 6.45) is -1.47. The average Bonchev–Trinajstić information content (AvgIpc) is 2.89. The fraction of sp³-hybridized carbons (Fsp3) is 0.667. The van der Waals surface area contributed by atoms with E-state index in [0.29, 0.717) is 36.7 Å². The zero-order valence-corrected chi connectivity index (χ0v) is 25.8. The van der Waals surface area contributed by atoms with Gasteiger partial charge < -0.3 is 38.9 Å². The van der Waals surface area contributed by atoms with E-state index in [1.54, 1.807) is 19.9 Å². The van der Waals surface area contributed by atoms with Crippen LogP contribution < -0.4 is 15.2 Å². The SMILES string of the molecule is CCCCOC(=O)OC(C)[C@H](C)OC(=O)[C@@H](N)Cc1ccc(OC(=O)OCCC(C)C)c(OC(=O)OCCC(C)C)c1. The zero-order chi connectivity index (χ0) is 31.7. The van der Waals surface area contributed by atoms with Crippen molar-refractivity contribution in [2.75, 3.05) is 19.8 Å². The van der Waals surface area contributed by atoms with Gasteiger partial charge in [0.25, 0.3) is 0 Å². The van der Waals surface area contributed by atoms with Crippen LogP contribution in [0.15, 0.2) is 18.2 Å². The maximum atomic E-state index is 12.6. The van der Waals surface area contributed by atoms with Crippen LogP contribution in [0.25, 0.3) is 0 Å². The number of carbonyl (C=O) groups excluding carboxylic acids is 4. The van der Waals surface area contributed by atoms with E-state index in [1.165, 1.54) is 12.1 Å². The van der Waals surface area contributed by atoms with Gasteiger partial charge in [0.2, 0.25) is 0 Å². The standard InChI is InChI=1S/C30H47NO11/c1-8-9-14-36-28(33)40-22(7)21(6)39-27(32)24(31)17-23-10-11-25(41-29(34)37-15-12-19(2)3)26(18-23)42-30(35)38-16-13-20(4)5/h10-11,18-22,24H,8-9,12-17,31H2,1-7H3/t21-,22?,24-/m0/s1. The van der Waals surface area contributed by atoms with Gasteiger partial charge in [0.05, 0.1) is 19.8 Å². The van der Waals surface area contributed by atoms with Gasteiger partial charge in [0.1, 0.15) is 18.2 Å². The van der Waals surface area contributed by atoms with Gasteiger partial charge >= 0.3 is 24.4 Å². The Morgan fingerprint density at radius 2 is 1.24 bits per heavy atom. The average molecular weight is 598 g/mol. The first kappa shape index (κ1) is 36.5. The number of nitrogens with two attached hydrogens (primary N) is 1. The van der Waals surface area contributed by atoms with Gasteiger partial charge in [-0.3, -0.25) is 4.79 Å². The lowest BCUT2D eigenvalue weighted by atomic mass is 10.1. The lowest BCUT2D eigenvalue weighted by Crippen LogP contribution is -2.39. The van der Waals surface area contributed by atoms with Crippen LogP contribution in [-0.2, 0) is 34.9 Å². The van der Waals surface area contributed by atoms with E-state index in [4.69, 9.17) is 38.9 Å². The number of carbonyl (C=O) groups is 4. The van der Waals surface area contributed by atoms with Gasteiger partial charge in [0, 0.05) is 0 Å². The van der Waals surface area contributed by atoms with E-state index in [-0.39, 0.29) is 37.7 Å². The smallest absolute Gasteiger partial charge is 0.458 e. The van der Waals surface area contributed by atoms with Crippen LogP contribution >= 0.6 is 0 Å². The Balaban J connectivity index is 2.87. The van der Waals surface area contributed by atoms with Gasteiger partial charge in [-0.2, -0.15) is 0 Å². The monoisotopic (exact) mass is 597 g/mol. The molecule has 0 saturated heterocycles. The lowest BCUT2D eigenvalue weighted by Gasteiger charge is -2.22. The Bertz CT molecular complexity index is 995. The second-order valence-electron chi connectivity index (χ2n) is 10.8. The predicted molar refractivity (Wildman–Crippen MR) is 153 cm³/mol. The first-order valence-corrected chi connectivity index (χ1v) is 14.4. The van der Waals surface area contributed by atoms with Crippen LogP contribution in [0.2, 0.25) is 0 Å². The van der Waals surface area contributed by atoms with Crippen molar-refractivity contribution in [1.29, 1.82) is 0 Å². The minimum absolute atomic E-state index is 0.00226. The fourth-order valence-electron chi connectivity index (χ4n) is 3.12. The summed E-state index contributed by atoms with van der Waals surface area (Å²) in [5.41, 5.74) is 6.57. The highest BCUT2D eigenvalue weighted by Crippen LogP contribution is 2.30. The van der Waals surface area contributed by atoms with Crippen molar-refractivity contribution in [3.8, 4) is 11.5 Å². The number of hydrogen-bond acceptors (Lipinski definition) is 12. The fourth-order valence-corrected chi connectivity index (χ4v) is 3.12. The third-order valence-corrected chi connectivity index (χ3v) is 5.95. The number of ether oxygens (including phenoxy) is 7. The molecule has 42 heavy (non-hydrogen) atoms. The van der Waals surface area contributed by atoms with E-state index in [1.807, 2.05) is 34.6 Å². The van der Waals surface area contributed by atoms with Crippen LogP contribution in [0, 0.1) is 11.8 Å². The van der Waals surface area contributed by atoms with Crippen LogP contribution in [0.5, 0.6) is 11.5 Å². The first-order chi connectivity index (χ1) is 19.8. The molecule has 0 amide bonds. The summed E-state index contributed by atoms with van der Waals surface area (Å²) in [7, 11) is 0. The number of hydrogen-bond donors (Lipinski definition) is 1. The molecule has 0 fully saturated rings. The highest BCUT2D eigenvalue weighted by Gasteiger charge is 2.25. The summed E-state index contributed by atoms with van der Waals surface area (Å²) >= 11 is 0. The van der Waals surface area contributed by atoms with Crippen LogP contribution in [0.3, 0.4) is 0 Å². The van der Waals surface area contributed by atoms with Gasteiger partial charge in [-0.1, -0.05) is 47.1 Å². The third-order valence-electron chi connectivity index (χ3n) is 5.95. The predicted octanol–water partition coefficient (Wildman–Crippen LogP) is 5.95. The summed E-state index contributed by atoms with van der Waals surface area (Å²) in [5, 5.41) is 0. The van der Waals surface area contributed by atoms with Crippen molar-refractivity contribution in [3.05, 3.63) is 23.8 Å². The molecule has 0 heterocycles. The van der Waals surface area contributed by atoms with E-state index >= 15 is 0 Å². The molecule has 0 bridgehead atoms. The Labute approximate surface area is 248 Å². The number of esters is 1. The number of unbranched alkanes of at least 4 members (excludes halogenated alkanes) is 1. The van der Waals surface area contributed by atoms with Crippen molar-refractivity contribution < 1.29 is 52.3 Å². The van der Waals surface area contributed by atoms with Crippen molar-refractivity contribution in [2.24, 2.45) is 17.6 Å². The summed E-state index contributed by atoms with van der Waals surface area (Å²) in [6, 6.07) is 3.27. The minimum atomic E-state index is -1.10. The molecule has 1 aromatic carbocycles. The van der Waals surface area contributed by atoms with Gasteiger partial charge in [0.15, 0.2) is 11.5 Å². The lowest BCUT2D eigenvalue weighted by molar-refractivity contribution is -0.155. The quantitative estimate of drug-likeness (QED) is 0.0974. The molecule has 0 radical (unpaired) electrons. The van der Waals surface area contributed by atoms with Gasteiger partial charge in [-0.25, -0.2) is 14.4 Å². The van der Waals surface area contributed by atoms with Crippen molar-refractivity contribution in [3.63, 3.8) is 0 Å². The number of benzene rings is 1. The van der Waals surface area contributed by atoms with E-state index in [2.05, 4.69) is 0 Å². The molecular formula is C30H47NO11. The summed E-state index contributed by atoms with van der Waals surface area (Å²) in [5.74, 6) is -0.268. The van der Waals surface area contributed by atoms with E-state index in [9.17, 15) is 19.2 Å². The Hall–Kier alpha value is -3.54. The zero-order valence-electron chi connectivity index (χ0n) is 25.8. The van der Waals surface area contributed by atoms with E-state index < -0.39 is 42.7 Å². The second kappa shape index (κ2) is 19.6.